The predicted octanol–water partition coefficient (Wildman–Crippen LogP) is 2.26. The van der Waals surface area contributed by atoms with Crippen LogP contribution in [0.15, 0.2) is 24.3 Å². The van der Waals surface area contributed by atoms with Crippen LogP contribution in [0.2, 0.25) is 0 Å². The molecule has 1 aromatic rings. The van der Waals surface area contributed by atoms with E-state index < -0.39 is 17.9 Å². The molecule has 3 rings (SSSR count). The van der Waals surface area contributed by atoms with E-state index >= 15 is 0 Å². The molecule has 2 aliphatic carbocycles. The summed E-state index contributed by atoms with van der Waals surface area (Å²) < 4.78 is 4.73. The molecule has 0 spiro atoms. The summed E-state index contributed by atoms with van der Waals surface area (Å²) in [4.78, 5) is 35.5. The third kappa shape index (κ3) is 9.88. The van der Waals surface area contributed by atoms with E-state index in [1.807, 2.05) is 63.9 Å². The van der Waals surface area contributed by atoms with Crippen LogP contribution >= 0.6 is 0 Å². The molecular formula is C24H26FeN2O4+2. The number of hydrogen-bond acceptors (Lipinski definition) is 4. The van der Waals surface area contributed by atoms with E-state index in [9.17, 15) is 14.4 Å². The summed E-state index contributed by atoms with van der Waals surface area (Å²) in [6, 6.07) is 6.40. The van der Waals surface area contributed by atoms with Crippen molar-refractivity contribution < 1.29 is 36.2 Å². The van der Waals surface area contributed by atoms with Gasteiger partial charge in [-0.15, -0.1) is 0 Å². The Bertz CT molecular complexity index is 693. The zero-order valence-corrected chi connectivity index (χ0v) is 18.6. The molecule has 1 atom stereocenters. The van der Waals surface area contributed by atoms with Crippen LogP contribution in [0.4, 0.5) is 0 Å². The maximum absolute atomic E-state index is 12.3. The number of nitrogens with one attached hydrogen (secondary N) is 2. The molecule has 0 saturated heterocycles. The van der Waals surface area contributed by atoms with Gasteiger partial charge in [0, 0.05) is 11.5 Å². The molecule has 0 aromatic heterocycles. The maximum Gasteiger partial charge on any atom is 2.00 e. The summed E-state index contributed by atoms with van der Waals surface area (Å²) in [7, 11) is 0. The van der Waals surface area contributed by atoms with Crippen LogP contribution in [0.3, 0.4) is 0 Å². The second-order valence-electron chi connectivity index (χ2n) is 6.43. The van der Waals surface area contributed by atoms with Crippen molar-refractivity contribution in [3.63, 3.8) is 0 Å². The Kier molecular flexibility index (Phi) is 13.2. The van der Waals surface area contributed by atoms with Crippen LogP contribution in [-0.2, 0) is 31.4 Å². The average molecular weight is 462 g/mol. The maximum atomic E-state index is 12.3. The van der Waals surface area contributed by atoms with E-state index in [4.69, 9.17) is 4.74 Å². The first kappa shape index (κ1) is 27.2. The number of hydrogen-bond donors (Lipinski definition) is 2. The number of carbonyl (C=O) groups is 3. The molecule has 2 aliphatic rings. The van der Waals surface area contributed by atoms with Gasteiger partial charge in [0.1, 0.15) is 12.6 Å². The number of esters is 1. The molecule has 0 unspecified atom stereocenters. The standard InChI is InChI=1S/C19H21N2O4.C5H5.Fe/c1-3-25-17(22)12-20-18(23)13(2)21-19(24)16-10-6-9-15(11-16)14-7-4-5-8-14;1-2-4-5-3-1;/h4-11,13H,3,12H2,1-2H3,(H,20,23)(H,21,24);1-5H;/q;;+2/t13-;;/m0../s1. The van der Waals surface area contributed by atoms with E-state index in [0.717, 1.165) is 11.5 Å². The Balaban J connectivity index is 0.000000701. The summed E-state index contributed by atoms with van der Waals surface area (Å²) in [5.74, 6) is -0.299. The summed E-state index contributed by atoms with van der Waals surface area (Å²) in [6.45, 7) is 3.27. The van der Waals surface area contributed by atoms with E-state index in [1.165, 1.54) is 0 Å². The normalized spacial score (nSPS) is 16.3. The van der Waals surface area contributed by atoms with E-state index in [1.54, 1.807) is 32.0 Å². The quantitative estimate of drug-likeness (QED) is 0.481. The van der Waals surface area contributed by atoms with Crippen LogP contribution in [0.25, 0.3) is 0 Å². The molecule has 2 N–H and O–H groups in total. The number of ether oxygens (including phenoxy) is 1. The molecule has 0 heterocycles. The summed E-state index contributed by atoms with van der Waals surface area (Å²) in [5, 5.41) is 5.05. The molecule has 162 valence electrons. The number of benzene rings is 1. The van der Waals surface area contributed by atoms with Crippen LogP contribution < -0.4 is 10.6 Å². The van der Waals surface area contributed by atoms with Crippen molar-refractivity contribution in [2.45, 2.75) is 19.9 Å². The van der Waals surface area contributed by atoms with Crippen molar-refractivity contribution in [2.75, 3.05) is 13.2 Å². The first-order chi connectivity index (χ1) is 14.5. The van der Waals surface area contributed by atoms with Crippen molar-refractivity contribution in [2.24, 2.45) is 0 Å². The van der Waals surface area contributed by atoms with Crippen LogP contribution in [0, 0.1) is 63.7 Å². The fourth-order valence-electron chi connectivity index (χ4n) is 2.60. The number of amides is 2. The first-order valence-corrected chi connectivity index (χ1v) is 9.74. The van der Waals surface area contributed by atoms with E-state index in [2.05, 4.69) is 10.6 Å². The molecule has 0 bridgehead atoms. The Morgan fingerprint density at radius 2 is 1.58 bits per heavy atom. The number of carbonyl (C=O) groups excluding carboxylic acids is 3. The van der Waals surface area contributed by atoms with Gasteiger partial charge in [-0.1, -0.05) is 12.1 Å². The van der Waals surface area contributed by atoms with Crippen molar-refractivity contribution >= 4 is 17.8 Å². The van der Waals surface area contributed by atoms with Crippen molar-refractivity contribution in [3.8, 4) is 0 Å². The SMILES string of the molecule is CCOC(=O)CNC(=O)[C@H](C)NC(=O)c1cccc([C]2[CH][CH][CH][CH]2)c1.[CH]1[CH][CH][CH][CH]1.[Fe+2]. The summed E-state index contributed by atoms with van der Waals surface area (Å²) in [6.07, 6.45) is 17.8. The fraction of sp³-hybridized carbons (Fsp3) is 0.208. The Hall–Kier alpha value is -1.85. The van der Waals surface area contributed by atoms with E-state index in [-0.39, 0.29) is 36.1 Å². The Morgan fingerprint density at radius 1 is 0.968 bits per heavy atom. The molecule has 6 nitrogen and oxygen atoms in total. The van der Waals surface area contributed by atoms with Crippen LogP contribution in [-0.4, -0.2) is 37.0 Å². The minimum atomic E-state index is -0.774. The smallest absolute Gasteiger partial charge is 0.465 e. The second-order valence-corrected chi connectivity index (χ2v) is 6.43. The van der Waals surface area contributed by atoms with Gasteiger partial charge in [0.05, 0.1) is 6.61 Å². The van der Waals surface area contributed by atoms with E-state index in [0.29, 0.717) is 5.56 Å². The average Bonchev–Trinajstić information content (AvgIpc) is 3.49. The minimum Gasteiger partial charge on any atom is -0.465 e. The van der Waals surface area contributed by atoms with Gasteiger partial charge in [0.2, 0.25) is 5.91 Å². The van der Waals surface area contributed by atoms with Crippen molar-refractivity contribution in [3.05, 3.63) is 99.1 Å². The van der Waals surface area contributed by atoms with Gasteiger partial charge >= 0.3 is 23.0 Å². The minimum absolute atomic E-state index is 0. The first-order valence-electron chi connectivity index (χ1n) is 9.74. The van der Waals surface area contributed by atoms with Gasteiger partial charge in [0.15, 0.2) is 0 Å². The third-order valence-corrected chi connectivity index (χ3v) is 4.13. The zero-order chi connectivity index (χ0) is 21.8. The Morgan fingerprint density at radius 3 is 2.16 bits per heavy atom. The molecule has 31 heavy (non-hydrogen) atoms. The molecule has 1 aromatic carbocycles. The summed E-state index contributed by atoms with van der Waals surface area (Å²) >= 11 is 0. The summed E-state index contributed by atoms with van der Waals surface area (Å²) in [5.41, 5.74) is 1.39. The topological polar surface area (TPSA) is 84.5 Å². The zero-order valence-electron chi connectivity index (χ0n) is 17.5. The molecule has 0 aliphatic heterocycles. The van der Waals surface area contributed by atoms with Gasteiger partial charge < -0.3 is 15.4 Å². The predicted molar refractivity (Wildman–Crippen MR) is 114 cm³/mol. The van der Waals surface area contributed by atoms with Gasteiger partial charge in [0.25, 0.3) is 5.91 Å². The second kappa shape index (κ2) is 15.0. The monoisotopic (exact) mass is 462 g/mol. The molecule has 7 heteroatoms. The number of rotatable bonds is 7. The van der Waals surface area contributed by atoms with Gasteiger partial charge in [-0.05, 0) is 89.3 Å². The van der Waals surface area contributed by atoms with Gasteiger partial charge in [-0.2, -0.15) is 0 Å². The third-order valence-electron chi connectivity index (χ3n) is 4.13. The molecular weight excluding hydrogens is 436 g/mol. The van der Waals surface area contributed by atoms with Gasteiger partial charge in [-0.3, -0.25) is 14.4 Å². The molecule has 2 fully saturated rings. The Labute approximate surface area is 196 Å². The fourth-order valence-corrected chi connectivity index (χ4v) is 2.60. The van der Waals surface area contributed by atoms with Crippen LogP contribution in [0.5, 0.6) is 0 Å². The molecule has 2 saturated carbocycles. The van der Waals surface area contributed by atoms with Crippen molar-refractivity contribution in [1.29, 1.82) is 0 Å². The van der Waals surface area contributed by atoms with Crippen LogP contribution in [0.1, 0.15) is 29.8 Å². The van der Waals surface area contributed by atoms with Gasteiger partial charge in [-0.25, -0.2) is 0 Å². The van der Waals surface area contributed by atoms with Crippen molar-refractivity contribution in [1.82, 2.24) is 10.6 Å². The largest absolute Gasteiger partial charge is 2.00 e. The molecule has 10 radical (unpaired) electrons. The molecule has 2 amide bonds.